The summed E-state index contributed by atoms with van der Waals surface area (Å²) in [6.07, 6.45) is -4.91. The SMILES string of the molecule is COc1ccc(CC(=O)OCC(=O)Nc2ccc(Cl)cc2C(F)(F)F)c(OC)c1. The smallest absolute Gasteiger partial charge is 0.418 e. The van der Waals surface area contributed by atoms with E-state index in [1.54, 1.807) is 18.2 Å². The fourth-order valence-electron chi connectivity index (χ4n) is 2.40. The number of carbonyl (C=O) groups is 2. The second kappa shape index (κ2) is 9.51. The minimum atomic E-state index is -4.71. The van der Waals surface area contributed by atoms with Crippen molar-refractivity contribution in [3.63, 3.8) is 0 Å². The lowest BCUT2D eigenvalue weighted by Gasteiger charge is -2.14. The Labute approximate surface area is 169 Å². The number of anilines is 1. The molecule has 0 fully saturated rings. The van der Waals surface area contributed by atoms with Gasteiger partial charge >= 0.3 is 12.1 Å². The Hall–Kier alpha value is -2.94. The molecule has 0 atom stereocenters. The van der Waals surface area contributed by atoms with Crippen LogP contribution in [0.5, 0.6) is 11.5 Å². The highest BCUT2D eigenvalue weighted by atomic mass is 35.5. The minimum Gasteiger partial charge on any atom is -0.497 e. The van der Waals surface area contributed by atoms with Gasteiger partial charge in [0.15, 0.2) is 6.61 Å². The van der Waals surface area contributed by atoms with E-state index in [9.17, 15) is 22.8 Å². The van der Waals surface area contributed by atoms with Gasteiger partial charge in [0.2, 0.25) is 0 Å². The van der Waals surface area contributed by atoms with E-state index < -0.39 is 35.9 Å². The highest BCUT2D eigenvalue weighted by molar-refractivity contribution is 6.30. The van der Waals surface area contributed by atoms with Crippen molar-refractivity contribution in [3.8, 4) is 11.5 Å². The maximum absolute atomic E-state index is 13.0. The quantitative estimate of drug-likeness (QED) is 0.668. The van der Waals surface area contributed by atoms with Crippen molar-refractivity contribution in [3.05, 3.63) is 52.5 Å². The Bertz CT molecular complexity index is 902. The molecule has 0 radical (unpaired) electrons. The third-order valence-corrected chi connectivity index (χ3v) is 3.99. The average molecular weight is 432 g/mol. The van der Waals surface area contributed by atoms with Crippen molar-refractivity contribution in [1.29, 1.82) is 0 Å². The molecule has 0 aliphatic rings. The number of nitrogens with one attached hydrogen (secondary N) is 1. The van der Waals surface area contributed by atoms with Crippen LogP contribution < -0.4 is 14.8 Å². The zero-order valence-corrected chi connectivity index (χ0v) is 16.2. The first-order chi connectivity index (χ1) is 13.6. The molecule has 2 aromatic carbocycles. The molecular weight excluding hydrogens is 415 g/mol. The third kappa shape index (κ3) is 6.28. The van der Waals surface area contributed by atoms with Gasteiger partial charge in [0.1, 0.15) is 11.5 Å². The molecule has 10 heteroatoms. The van der Waals surface area contributed by atoms with Crippen LogP contribution in [0.4, 0.5) is 18.9 Å². The summed E-state index contributed by atoms with van der Waals surface area (Å²) >= 11 is 5.58. The summed E-state index contributed by atoms with van der Waals surface area (Å²) in [5.74, 6) is -0.757. The van der Waals surface area contributed by atoms with Gasteiger partial charge in [0, 0.05) is 16.7 Å². The second-order valence-corrected chi connectivity index (χ2v) is 6.19. The number of esters is 1. The number of halogens is 4. The molecule has 0 saturated carbocycles. The van der Waals surface area contributed by atoms with Gasteiger partial charge in [-0.1, -0.05) is 17.7 Å². The number of benzene rings is 2. The Morgan fingerprint density at radius 2 is 1.79 bits per heavy atom. The summed E-state index contributed by atoms with van der Waals surface area (Å²) in [4.78, 5) is 23.9. The van der Waals surface area contributed by atoms with E-state index in [2.05, 4.69) is 5.32 Å². The summed E-state index contributed by atoms with van der Waals surface area (Å²) in [6.45, 7) is -0.753. The van der Waals surface area contributed by atoms with E-state index >= 15 is 0 Å². The molecule has 2 rings (SSSR count). The van der Waals surface area contributed by atoms with Crippen molar-refractivity contribution < 1.29 is 37.0 Å². The van der Waals surface area contributed by atoms with Crippen LogP contribution in [0.15, 0.2) is 36.4 Å². The van der Waals surface area contributed by atoms with Crippen LogP contribution in [0.2, 0.25) is 5.02 Å². The molecule has 0 aromatic heterocycles. The number of alkyl halides is 3. The first-order valence-electron chi connectivity index (χ1n) is 8.17. The van der Waals surface area contributed by atoms with E-state index in [-0.39, 0.29) is 11.4 Å². The number of amides is 1. The van der Waals surface area contributed by atoms with Crippen LogP contribution in [0.1, 0.15) is 11.1 Å². The van der Waals surface area contributed by atoms with Gasteiger partial charge in [-0.05, 0) is 24.3 Å². The molecule has 0 heterocycles. The largest absolute Gasteiger partial charge is 0.497 e. The summed E-state index contributed by atoms with van der Waals surface area (Å²) in [5.41, 5.74) is -1.09. The van der Waals surface area contributed by atoms with Gasteiger partial charge in [-0.15, -0.1) is 0 Å². The maximum atomic E-state index is 13.0. The standard InChI is InChI=1S/C19H17ClF3NO5/c1-27-13-5-3-11(16(9-13)28-2)7-18(26)29-10-17(25)24-15-6-4-12(20)8-14(15)19(21,22)23/h3-6,8-9H,7,10H2,1-2H3,(H,24,25). The van der Waals surface area contributed by atoms with E-state index in [4.69, 9.17) is 25.8 Å². The minimum absolute atomic E-state index is 0.129. The lowest BCUT2D eigenvalue weighted by Crippen LogP contribution is -2.23. The normalized spacial score (nSPS) is 11.0. The monoisotopic (exact) mass is 431 g/mol. The molecule has 0 spiro atoms. The molecule has 1 N–H and O–H groups in total. The van der Waals surface area contributed by atoms with E-state index in [0.29, 0.717) is 23.1 Å². The fourth-order valence-corrected chi connectivity index (χ4v) is 2.57. The molecule has 0 aliphatic carbocycles. The van der Waals surface area contributed by atoms with Crippen molar-refractivity contribution in [2.24, 2.45) is 0 Å². The Kier molecular flexibility index (Phi) is 7.33. The number of rotatable bonds is 7. The van der Waals surface area contributed by atoms with Crippen LogP contribution in [0.3, 0.4) is 0 Å². The van der Waals surface area contributed by atoms with Gasteiger partial charge in [-0.2, -0.15) is 13.2 Å². The van der Waals surface area contributed by atoms with Gasteiger partial charge in [0.25, 0.3) is 5.91 Å². The fraction of sp³-hybridized carbons (Fsp3) is 0.263. The number of ether oxygens (including phenoxy) is 3. The van der Waals surface area contributed by atoms with Gasteiger partial charge < -0.3 is 19.5 Å². The number of carbonyl (C=O) groups excluding carboxylic acids is 2. The zero-order valence-electron chi connectivity index (χ0n) is 15.4. The number of hydrogen-bond donors (Lipinski definition) is 1. The molecule has 1 amide bonds. The summed E-state index contributed by atoms with van der Waals surface area (Å²) in [6, 6.07) is 7.72. The second-order valence-electron chi connectivity index (χ2n) is 5.75. The molecule has 0 saturated heterocycles. The summed E-state index contributed by atoms with van der Waals surface area (Å²) < 4.78 is 54.2. The molecule has 0 unspecified atom stereocenters. The molecule has 29 heavy (non-hydrogen) atoms. The first-order valence-corrected chi connectivity index (χ1v) is 8.55. The summed E-state index contributed by atoms with van der Waals surface area (Å²) in [7, 11) is 2.90. The number of methoxy groups -OCH3 is 2. The third-order valence-electron chi connectivity index (χ3n) is 3.75. The van der Waals surface area contributed by atoms with Crippen molar-refractivity contribution in [2.75, 3.05) is 26.1 Å². The Balaban J connectivity index is 1.97. The summed E-state index contributed by atoms with van der Waals surface area (Å²) in [5, 5.41) is 1.94. The van der Waals surface area contributed by atoms with Crippen molar-refractivity contribution in [2.45, 2.75) is 12.6 Å². The van der Waals surface area contributed by atoms with E-state index in [1.807, 2.05) is 0 Å². The predicted octanol–water partition coefficient (Wildman–Crippen LogP) is 4.10. The predicted molar refractivity (Wildman–Crippen MR) is 99.3 cm³/mol. The van der Waals surface area contributed by atoms with Crippen LogP contribution in [-0.4, -0.2) is 32.7 Å². The van der Waals surface area contributed by atoms with E-state index in [0.717, 1.165) is 6.07 Å². The molecule has 0 aliphatic heterocycles. The van der Waals surface area contributed by atoms with Crippen LogP contribution in [-0.2, 0) is 26.9 Å². The molecule has 2 aromatic rings. The van der Waals surface area contributed by atoms with Gasteiger partial charge in [-0.3, -0.25) is 9.59 Å². The Morgan fingerprint density at radius 1 is 1.07 bits per heavy atom. The average Bonchev–Trinajstić information content (AvgIpc) is 2.67. The van der Waals surface area contributed by atoms with Crippen molar-refractivity contribution in [1.82, 2.24) is 0 Å². The molecule has 6 nitrogen and oxygen atoms in total. The van der Waals surface area contributed by atoms with Crippen molar-refractivity contribution >= 4 is 29.2 Å². The maximum Gasteiger partial charge on any atom is 0.418 e. The zero-order chi connectivity index (χ0) is 21.6. The first kappa shape index (κ1) is 22.4. The lowest BCUT2D eigenvalue weighted by molar-refractivity contribution is -0.146. The van der Waals surface area contributed by atoms with Gasteiger partial charge in [0.05, 0.1) is 31.9 Å². The molecule has 156 valence electrons. The van der Waals surface area contributed by atoms with Crippen LogP contribution >= 0.6 is 11.6 Å². The molecule has 0 bridgehead atoms. The number of hydrogen-bond acceptors (Lipinski definition) is 5. The van der Waals surface area contributed by atoms with Crippen LogP contribution in [0.25, 0.3) is 0 Å². The Morgan fingerprint density at radius 3 is 2.41 bits per heavy atom. The highest BCUT2D eigenvalue weighted by Gasteiger charge is 2.34. The lowest BCUT2D eigenvalue weighted by atomic mass is 10.1. The topological polar surface area (TPSA) is 73.9 Å². The van der Waals surface area contributed by atoms with Crippen LogP contribution in [0, 0.1) is 0 Å². The molecular formula is C19H17ClF3NO5. The van der Waals surface area contributed by atoms with Gasteiger partial charge in [-0.25, -0.2) is 0 Å². The highest BCUT2D eigenvalue weighted by Crippen LogP contribution is 2.36. The van der Waals surface area contributed by atoms with E-state index in [1.165, 1.54) is 20.3 Å².